The van der Waals surface area contributed by atoms with E-state index in [-0.39, 0.29) is 7.69 Å². The predicted molar refractivity (Wildman–Crippen MR) is 107 cm³/mol. The van der Waals surface area contributed by atoms with Crippen LogP contribution < -0.4 is 4.65 Å². The molecular formula is C22H15BO3. The minimum Gasteiger partial charge on any atom is -0.536 e. The second-order valence-corrected chi connectivity index (χ2v) is 6.25. The molecule has 0 spiro atoms. The fourth-order valence-electron chi connectivity index (χ4n) is 3.58. The quantitative estimate of drug-likeness (QED) is 0.469. The fraction of sp³-hybridized carbons (Fsp3) is 0. The molecule has 1 heterocycles. The van der Waals surface area contributed by atoms with Crippen molar-refractivity contribution in [3.63, 3.8) is 0 Å². The van der Waals surface area contributed by atoms with Crippen molar-refractivity contribution in [2.45, 2.75) is 0 Å². The van der Waals surface area contributed by atoms with Crippen LogP contribution >= 0.6 is 0 Å². The summed E-state index contributed by atoms with van der Waals surface area (Å²) in [5, 5.41) is 13.5. The molecule has 1 N–H and O–H groups in total. The molecule has 0 aliphatic rings. The van der Waals surface area contributed by atoms with Crippen molar-refractivity contribution in [3.05, 3.63) is 78.9 Å². The molecule has 5 aromatic rings. The molecule has 0 aliphatic heterocycles. The third kappa shape index (κ3) is 2.27. The van der Waals surface area contributed by atoms with E-state index >= 15 is 0 Å². The molecule has 0 saturated carbocycles. The molecule has 0 unspecified atom stereocenters. The Morgan fingerprint density at radius 2 is 1.58 bits per heavy atom. The Labute approximate surface area is 150 Å². The van der Waals surface area contributed by atoms with Crippen LogP contribution in [0.5, 0.6) is 5.75 Å². The highest BCUT2D eigenvalue weighted by Crippen LogP contribution is 2.41. The normalized spacial score (nSPS) is 11.3. The summed E-state index contributed by atoms with van der Waals surface area (Å²) in [7, 11) is -0.389. The summed E-state index contributed by atoms with van der Waals surface area (Å²) in [6, 6.07) is 26.6. The van der Waals surface area contributed by atoms with E-state index in [9.17, 15) is 5.02 Å². The van der Waals surface area contributed by atoms with Crippen LogP contribution in [0.3, 0.4) is 0 Å². The zero-order chi connectivity index (χ0) is 17.5. The molecular weight excluding hydrogens is 323 g/mol. The lowest BCUT2D eigenvalue weighted by molar-refractivity contribution is 0.451. The zero-order valence-corrected chi connectivity index (χ0v) is 14.0. The van der Waals surface area contributed by atoms with Crippen molar-refractivity contribution in [2.75, 3.05) is 0 Å². The first-order valence-corrected chi connectivity index (χ1v) is 8.52. The molecule has 0 amide bonds. The van der Waals surface area contributed by atoms with E-state index in [2.05, 4.69) is 30.3 Å². The lowest BCUT2D eigenvalue weighted by Crippen LogP contribution is -1.99. The molecule has 4 heteroatoms. The number of hydrogen-bond acceptors (Lipinski definition) is 3. The SMILES string of the molecule is OBOc1cc2ccccc2c2c1oc1ccc(-c3ccccc3)cc12. The van der Waals surface area contributed by atoms with E-state index in [0.717, 1.165) is 38.3 Å². The van der Waals surface area contributed by atoms with Crippen LogP contribution in [0.4, 0.5) is 0 Å². The summed E-state index contributed by atoms with van der Waals surface area (Å²) >= 11 is 0. The van der Waals surface area contributed by atoms with Crippen molar-refractivity contribution in [1.82, 2.24) is 0 Å². The molecule has 124 valence electrons. The van der Waals surface area contributed by atoms with Crippen molar-refractivity contribution in [3.8, 4) is 16.9 Å². The lowest BCUT2D eigenvalue weighted by Gasteiger charge is -2.06. The van der Waals surface area contributed by atoms with E-state index in [1.807, 2.05) is 48.5 Å². The van der Waals surface area contributed by atoms with Gasteiger partial charge in [0, 0.05) is 10.8 Å². The Morgan fingerprint density at radius 3 is 2.42 bits per heavy atom. The largest absolute Gasteiger partial charge is 0.536 e. The topological polar surface area (TPSA) is 42.6 Å². The van der Waals surface area contributed by atoms with Gasteiger partial charge in [0.15, 0.2) is 5.58 Å². The van der Waals surface area contributed by atoms with Gasteiger partial charge in [0.25, 0.3) is 0 Å². The Balaban J connectivity index is 1.90. The average Bonchev–Trinajstić information content (AvgIpc) is 3.08. The van der Waals surface area contributed by atoms with Gasteiger partial charge in [-0.2, -0.15) is 0 Å². The van der Waals surface area contributed by atoms with Gasteiger partial charge in [0.2, 0.25) is 0 Å². The summed E-state index contributed by atoms with van der Waals surface area (Å²) in [6.45, 7) is 0. The first kappa shape index (κ1) is 15.1. The number of hydrogen-bond donors (Lipinski definition) is 1. The van der Waals surface area contributed by atoms with Crippen LogP contribution in [-0.2, 0) is 0 Å². The van der Waals surface area contributed by atoms with E-state index in [1.165, 1.54) is 0 Å². The van der Waals surface area contributed by atoms with Crippen molar-refractivity contribution in [2.24, 2.45) is 0 Å². The van der Waals surface area contributed by atoms with Gasteiger partial charge >= 0.3 is 7.69 Å². The van der Waals surface area contributed by atoms with Gasteiger partial charge in [0.1, 0.15) is 11.3 Å². The lowest BCUT2D eigenvalue weighted by atomic mass is 9.99. The maximum atomic E-state index is 9.26. The smallest absolute Gasteiger partial charge is 0.504 e. The monoisotopic (exact) mass is 338 g/mol. The molecule has 3 nitrogen and oxygen atoms in total. The van der Waals surface area contributed by atoms with Crippen LogP contribution in [0.2, 0.25) is 0 Å². The van der Waals surface area contributed by atoms with Crippen LogP contribution in [0.15, 0.2) is 83.3 Å². The van der Waals surface area contributed by atoms with Crippen molar-refractivity contribution >= 4 is 40.4 Å². The van der Waals surface area contributed by atoms with Gasteiger partial charge < -0.3 is 14.1 Å². The molecule has 0 fully saturated rings. The highest BCUT2D eigenvalue weighted by atomic mass is 16.5. The summed E-state index contributed by atoms with van der Waals surface area (Å²) in [6.07, 6.45) is 0. The van der Waals surface area contributed by atoms with Gasteiger partial charge in [-0.3, -0.25) is 0 Å². The first-order chi connectivity index (χ1) is 12.8. The minimum atomic E-state index is -0.389. The second kappa shape index (κ2) is 5.93. The highest BCUT2D eigenvalue weighted by Gasteiger charge is 2.16. The Kier molecular flexibility index (Phi) is 3.44. The minimum absolute atomic E-state index is 0.389. The van der Waals surface area contributed by atoms with E-state index in [4.69, 9.17) is 9.07 Å². The van der Waals surface area contributed by atoms with Gasteiger partial charge in [0.05, 0.1) is 0 Å². The molecule has 0 aliphatic carbocycles. The maximum absolute atomic E-state index is 9.26. The van der Waals surface area contributed by atoms with Crippen molar-refractivity contribution in [1.29, 1.82) is 0 Å². The van der Waals surface area contributed by atoms with E-state index < -0.39 is 0 Å². The molecule has 0 radical (unpaired) electrons. The van der Waals surface area contributed by atoms with Gasteiger partial charge in [-0.05, 0) is 40.1 Å². The second-order valence-electron chi connectivity index (χ2n) is 6.25. The number of fused-ring (bicyclic) bond motifs is 5. The summed E-state index contributed by atoms with van der Waals surface area (Å²) < 4.78 is 11.5. The molecule has 0 atom stereocenters. The Morgan fingerprint density at radius 1 is 0.769 bits per heavy atom. The Hall–Kier alpha value is -3.24. The van der Waals surface area contributed by atoms with Gasteiger partial charge in [-0.15, -0.1) is 0 Å². The predicted octanol–water partition coefficient (Wildman–Crippen LogP) is 5.04. The highest BCUT2D eigenvalue weighted by molar-refractivity contribution is 6.23. The number of rotatable bonds is 3. The van der Waals surface area contributed by atoms with Crippen LogP contribution in [0.1, 0.15) is 0 Å². The third-order valence-corrected chi connectivity index (χ3v) is 4.76. The molecule has 0 bridgehead atoms. The van der Waals surface area contributed by atoms with Crippen molar-refractivity contribution < 1.29 is 14.1 Å². The summed E-state index contributed by atoms with van der Waals surface area (Å²) in [5.41, 5.74) is 3.77. The maximum Gasteiger partial charge on any atom is 0.504 e. The van der Waals surface area contributed by atoms with E-state index in [1.54, 1.807) is 0 Å². The van der Waals surface area contributed by atoms with Crippen LogP contribution in [0.25, 0.3) is 43.8 Å². The number of benzene rings is 4. The van der Waals surface area contributed by atoms with Crippen LogP contribution in [0, 0.1) is 0 Å². The molecule has 5 rings (SSSR count). The number of furan rings is 1. The Bertz CT molecular complexity index is 1240. The third-order valence-electron chi connectivity index (χ3n) is 4.76. The fourth-order valence-corrected chi connectivity index (χ4v) is 3.58. The standard InChI is InChI=1S/C22H15BO3/c24-23-26-20-13-16-8-4-5-9-17(16)21-18-12-15(14-6-2-1-3-7-14)10-11-19(18)25-22(20)21/h1-13,23-24H. The summed E-state index contributed by atoms with van der Waals surface area (Å²) in [5.74, 6) is 0.554. The van der Waals surface area contributed by atoms with Gasteiger partial charge in [-0.1, -0.05) is 60.7 Å². The van der Waals surface area contributed by atoms with E-state index in [0.29, 0.717) is 11.3 Å². The van der Waals surface area contributed by atoms with Gasteiger partial charge in [-0.25, -0.2) is 0 Å². The first-order valence-electron chi connectivity index (χ1n) is 8.52. The molecule has 4 aromatic carbocycles. The molecule has 1 aromatic heterocycles. The zero-order valence-electron chi connectivity index (χ0n) is 14.0. The molecule has 0 saturated heterocycles. The average molecular weight is 338 g/mol. The van der Waals surface area contributed by atoms with Crippen LogP contribution in [-0.4, -0.2) is 12.7 Å². The molecule has 26 heavy (non-hydrogen) atoms. The summed E-state index contributed by atoms with van der Waals surface area (Å²) in [4.78, 5) is 0.